The van der Waals surface area contributed by atoms with Gasteiger partial charge in [0.15, 0.2) is 0 Å². The number of rotatable bonds is 2. The van der Waals surface area contributed by atoms with Gasteiger partial charge in [0.1, 0.15) is 8.07 Å². The molecular formula is C12H17ClN2Si. The highest BCUT2D eigenvalue weighted by Crippen LogP contribution is 2.11. The van der Waals surface area contributed by atoms with Gasteiger partial charge in [0.25, 0.3) is 0 Å². The first-order valence-corrected chi connectivity index (χ1v) is 9.29. The van der Waals surface area contributed by atoms with E-state index in [4.69, 9.17) is 17.3 Å². The summed E-state index contributed by atoms with van der Waals surface area (Å²) in [5.74, 6) is 3.67. The zero-order chi connectivity index (χ0) is 12.2. The first-order chi connectivity index (χ1) is 7.42. The number of halogens is 1. The SMILES string of the molecule is C[Si](C)(C)C#Cc1cnc(CCCl)c(N)c1. The first-order valence-electron chi connectivity index (χ1n) is 5.26. The number of nitrogens with two attached hydrogens (primary N) is 1. The molecule has 0 atom stereocenters. The molecule has 2 nitrogen and oxygen atoms in total. The summed E-state index contributed by atoms with van der Waals surface area (Å²) >= 11 is 5.65. The number of hydrogen-bond donors (Lipinski definition) is 1. The van der Waals surface area contributed by atoms with E-state index < -0.39 is 8.07 Å². The van der Waals surface area contributed by atoms with Gasteiger partial charge in [-0.3, -0.25) is 4.98 Å². The molecule has 0 fully saturated rings. The van der Waals surface area contributed by atoms with Crippen LogP contribution in [0, 0.1) is 11.5 Å². The maximum atomic E-state index is 5.87. The molecule has 0 amide bonds. The molecule has 2 N–H and O–H groups in total. The number of aryl methyl sites for hydroxylation is 1. The van der Waals surface area contributed by atoms with Gasteiger partial charge in [-0.2, -0.15) is 0 Å². The van der Waals surface area contributed by atoms with Crippen molar-refractivity contribution in [3.63, 3.8) is 0 Å². The number of pyridine rings is 1. The predicted octanol–water partition coefficient (Wildman–Crippen LogP) is 2.67. The first kappa shape index (κ1) is 13.1. The van der Waals surface area contributed by atoms with Crippen LogP contribution in [0.15, 0.2) is 12.3 Å². The normalized spacial score (nSPS) is 10.8. The van der Waals surface area contributed by atoms with Crippen LogP contribution in [0.1, 0.15) is 11.3 Å². The summed E-state index contributed by atoms with van der Waals surface area (Å²) in [4.78, 5) is 4.27. The van der Waals surface area contributed by atoms with Gasteiger partial charge in [0.2, 0.25) is 0 Å². The molecule has 0 aliphatic heterocycles. The number of aromatic nitrogens is 1. The lowest BCUT2D eigenvalue weighted by Crippen LogP contribution is -2.16. The quantitative estimate of drug-likeness (QED) is 0.499. The maximum Gasteiger partial charge on any atom is 0.129 e. The van der Waals surface area contributed by atoms with Crippen molar-refractivity contribution in [2.24, 2.45) is 0 Å². The van der Waals surface area contributed by atoms with E-state index in [0.717, 1.165) is 11.3 Å². The summed E-state index contributed by atoms with van der Waals surface area (Å²) in [7, 11) is -1.34. The van der Waals surface area contributed by atoms with Gasteiger partial charge in [-0.1, -0.05) is 25.6 Å². The molecule has 86 valence electrons. The lowest BCUT2D eigenvalue weighted by Gasteiger charge is -2.05. The number of hydrogen-bond acceptors (Lipinski definition) is 2. The van der Waals surface area contributed by atoms with Crippen molar-refractivity contribution in [1.29, 1.82) is 0 Å². The average molecular weight is 253 g/mol. The molecular weight excluding hydrogens is 236 g/mol. The number of alkyl halides is 1. The van der Waals surface area contributed by atoms with Gasteiger partial charge >= 0.3 is 0 Å². The highest BCUT2D eigenvalue weighted by molar-refractivity contribution is 6.83. The summed E-state index contributed by atoms with van der Waals surface area (Å²) < 4.78 is 0. The lowest BCUT2D eigenvalue weighted by atomic mass is 10.2. The zero-order valence-electron chi connectivity index (χ0n) is 9.97. The van der Waals surface area contributed by atoms with E-state index >= 15 is 0 Å². The van der Waals surface area contributed by atoms with E-state index in [0.29, 0.717) is 18.0 Å². The molecule has 0 bridgehead atoms. The van der Waals surface area contributed by atoms with Gasteiger partial charge < -0.3 is 5.73 Å². The number of nitrogen functional groups attached to an aromatic ring is 1. The summed E-state index contributed by atoms with van der Waals surface area (Å²) in [6.45, 7) is 6.62. The van der Waals surface area contributed by atoms with Crippen LogP contribution >= 0.6 is 11.6 Å². The molecule has 0 aliphatic carbocycles. The minimum absolute atomic E-state index is 0.539. The Kier molecular flexibility index (Phi) is 4.40. The van der Waals surface area contributed by atoms with Gasteiger partial charge in [0, 0.05) is 24.1 Å². The second-order valence-corrected chi connectivity index (χ2v) is 9.83. The van der Waals surface area contributed by atoms with Crippen LogP contribution in [0.25, 0.3) is 0 Å². The second-order valence-electron chi connectivity index (χ2n) is 4.70. The van der Waals surface area contributed by atoms with Crippen molar-refractivity contribution in [3.8, 4) is 11.5 Å². The Bertz CT molecular complexity index is 427. The van der Waals surface area contributed by atoms with Crippen LogP contribution < -0.4 is 5.73 Å². The summed E-state index contributed by atoms with van der Waals surface area (Å²) in [6.07, 6.45) is 2.47. The average Bonchev–Trinajstić information content (AvgIpc) is 2.18. The van der Waals surface area contributed by atoms with Crippen molar-refractivity contribution in [2.75, 3.05) is 11.6 Å². The molecule has 0 aromatic carbocycles. The standard InChI is InChI=1S/C12H17ClN2Si/c1-16(2,3)7-5-10-8-11(14)12(4-6-13)15-9-10/h8-9H,4,6,14H2,1-3H3. The zero-order valence-corrected chi connectivity index (χ0v) is 11.7. The van der Waals surface area contributed by atoms with Gasteiger partial charge in [-0.15, -0.1) is 17.1 Å². The van der Waals surface area contributed by atoms with Crippen LogP contribution in [0.2, 0.25) is 19.6 Å². The monoisotopic (exact) mass is 252 g/mol. The molecule has 0 unspecified atom stereocenters. The highest BCUT2D eigenvalue weighted by Gasteiger charge is 2.07. The topological polar surface area (TPSA) is 38.9 Å². The Balaban J connectivity index is 2.92. The minimum Gasteiger partial charge on any atom is -0.397 e. The molecule has 1 heterocycles. The molecule has 16 heavy (non-hydrogen) atoms. The fourth-order valence-corrected chi connectivity index (χ4v) is 1.83. The van der Waals surface area contributed by atoms with E-state index in [2.05, 4.69) is 36.1 Å². The van der Waals surface area contributed by atoms with Crippen molar-refractivity contribution < 1.29 is 0 Å². The molecule has 0 saturated heterocycles. The lowest BCUT2D eigenvalue weighted by molar-refractivity contribution is 1.05. The largest absolute Gasteiger partial charge is 0.397 e. The Labute approximate surface area is 103 Å². The van der Waals surface area contributed by atoms with Crippen LogP contribution in [-0.4, -0.2) is 18.9 Å². The van der Waals surface area contributed by atoms with E-state index in [-0.39, 0.29) is 0 Å². The van der Waals surface area contributed by atoms with Gasteiger partial charge in [-0.05, 0) is 6.07 Å². The number of anilines is 1. The fraction of sp³-hybridized carbons (Fsp3) is 0.417. The van der Waals surface area contributed by atoms with E-state index in [1.54, 1.807) is 6.20 Å². The molecule has 1 aromatic heterocycles. The second kappa shape index (κ2) is 5.38. The third kappa shape index (κ3) is 4.26. The van der Waals surface area contributed by atoms with Crippen LogP contribution in [-0.2, 0) is 6.42 Å². The Hall–Kier alpha value is -0.983. The third-order valence-electron chi connectivity index (χ3n) is 1.92. The summed E-state index contributed by atoms with van der Waals surface area (Å²) in [5, 5.41) is 0. The summed E-state index contributed by atoms with van der Waals surface area (Å²) in [6, 6.07) is 1.88. The van der Waals surface area contributed by atoms with Crippen LogP contribution in [0.5, 0.6) is 0 Å². The molecule has 1 rings (SSSR count). The Morgan fingerprint density at radius 2 is 2.12 bits per heavy atom. The predicted molar refractivity (Wildman–Crippen MR) is 73.3 cm³/mol. The van der Waals surface area contributed by atoms with E-state index in [1.165, 1.54) is 0 Å². The van der Waals surface area contributed by atoms with Crippen molar-refractivity contribution in [2.45, 2.75) is 26.1 Å². The van der Waals surface area contributed by atoms with Crippen LogP contribution in [0.3, 0.4) is 0 Å². The molecule has 0 spiro atoms. The fourth-order valence-electron chi connectivity index (χ4n) is 1.14. The number of nitrogens with zero attached hydrogens (tertiary/aromatic N) is 1. The highest BCUT2D eigenvalue weighted by atomic mass is 35.5. The van der Waals surface area contributed by atoms with Crippen molar-refractivity contribution >= 4 is 25.4 Å². The summed E-state index contributed by atoms with van der Waals surface area (Å²) in [5.41, 5.74) is 11.6. The molecule has 0 saturated carbocycles. The molecule has 0 aliphatic rings. The molecule has 0 radical (unpaired) electrons. The van der Waals surface area contributed by atoms with Gasteiger partial charge in [0.05, 0.1) is 11.4 Å². The molecule has 4 heteroatoms. The van der Waals surface area contributed by atoms with Crippen molar-refractivity contribution in [1.82, 2.24) is 4.98 Å². The molecule has 1 aromatic rings. The third-order valence-corrected chi connectivity index (χ3v) is 2.98. The van der Waals surface area contributed by atoms with Gasteiger partial charge in [-0.25, -0.2) is 0 Å². The van der Waals surface area contributed by atoms with E-state index in [9.17, 15) is 0 Å². The minimum atomic E-state index is -1.34. The smallest absolute Gasteiger partial charge is 0.129 e. The Morgan fingerprint density at radius 1 is 1.44 bits per heavy atom. The Morgan fingerprint density at radius 3 is 2.62 bits per heavy atom. The van der Waals surface area contributed by atoms with E-state index in [1.807, 2.05) is 6.07 Å². The van der Waals surface area contributed by atoms with Crippen molar-refractivity contribution in [3.05, 3.63) is 23.5 Å². The van der Waals surface area contributed by atoms with Crippen LogP contribution in [0.4, 0.5) is 5.69 Å². The maximum absolute atomic E-state index is 5.87.